The zero-order valence-corrected chi connectivity index (χ0v) is 9.12. The van der Waals surface area contributed by atoms with Gasteiger partial charge < -0.3 is 10.6 Å². The van der Waals surface area contributed by atoms with Crippen LogP contribution in [0.15, 0.2) is 18.2 Å². The van der Waals surface area contributed by atoms with E-state index in [1.165, 1.54) is 11.3 Å². The number of anilines is 2. The number of fused-ring (bicyclic) bond motifs is 1. The Bertz CT molecular complexity index is 344. The van der Waals surface area contributed by atoms with Crippen LogP contribution in [-0.2, 0) is 0 Å². The van der Waals surface area contributed by atoms with E-state index in [9.17, 15) is 0 Å². The van der Waals surface area contributed by atoms with E-state index in [1.54, 1.807) is 0 Å². The van der Waals surface area contributed by atoms with Gasteiger partial charge >= 0.3 is 0 Å². The molecule has 2 heteroatoms. The predicted molar refractivity (Wildman–Crippen MR) is 61.8 cm³/mol. The van der Waals surface area contributed by atoms with Gasteiger partial charge in [-0.1, -0.05) is 13.0 Å². The van der Waals surface area contributed by atoms with E-state index in [2.05, 4.69) is 37.8 Å². The Morgan fingerprint density at radius 2 is 2.14 bits per heavy atom. The number of rotatable bonds is 1. The predicted octanol–water partition coefficient (Wildman–Crippen LogP) is 2.60. The first-order valence-electron chi connectivity index (χ1n) is 5.25. The van der Waals surface area contributed by atoms with Gasteiger partial charge in [0.15, 0.2) is 0 Å². The molecular weight excluding hydrogens is 172 g/mol. The van der Waals surface area contributed by atoms with Gasteiger partial charge in [-0.3, -0.25) is 0 Å². The molecule has 1 aromatic rings. The number of hydrogen-bond donors (Lipinski definition) is 1. The molecule has 2 N–H and O–H groups in total. The third-order valence-electron chi connectivity index (χ3n) is 2.99. The van der Waals surface area contributed by atoms with E-state index in [0.717, 1.165) is 12.2 Å². The van der Waals surface area contributed by atoms with Gasteiger partial charge in [0.1, 0.15) is 0 Å². The highest BCUT2D eigenvalue weighted by Gasteiger charge is 2.26. The maximum absolute atomic E-state index is 5.81. The van der Waals surface area contributed by atoms with Gasteiger partial charge in [-0.05, 0) is 31.5 Å². The van der Waals surface area contributed by atoms with Crippen LogP contribution >= 0.6 is 0 Å². The highest BCUT2D eigenvalue weighted by molar-refractivity contribution is 5.66. The average Bonchev–Trinajstić information content (AvgIpc) is 2.43. The largest absolute Gasteiger partial charge is 0.399 e. The van der Waals surface area contributed by atoms with Crippen molar-refractivity contribution in [2.45, 2.75) is 32.7 Å². The van der Waals surface area contributed by atoms with Gasteiger partial charge in [-0.2, -0.15) is 0 Å². The number of nitrogen functional groups attached to an aromatic ring is 1. The van der Waals surface area contributed by atoms with E-state index >= 15 is 0 Å². The fraction of sp³-hybridized carbons (Fsp3) is 0.500. The molecule has 0 radical (unpaired) electrons. The molecule has 2 nitrogen and oxygen atoms in total. The molecule has 0 aliphatic carbocycles. The van der Waals surface area contributed by atoms with Gasteiger partial charge in [0, 0.05) is 29.9 Å². The standard InChI is InChI=1S/C12H18N2/c1-8(2)14-7-9(3)11-5-4-10(13)6-12(11)14/h4-6,8-9H,7,13H2,1-3H3. The summed E-state index contributed by atoms with van der Waals surface area (Å²) in [5.74, 6) is 0.632. The van der Waals surface area contributed by atoms with E-state index < -0.39 is 0 Å². The summed E-state index contributed by atoms with van der Waals surface area (Å²) < 4.78 is 0. The van der Waals surface area contributed by atoms with Crippen LogP contribution in [-0.4, -0.2) is 12.6 Å². The van der Waals surface area contributed by atoms with Crippen LogP contribution in [0.4, 0.5) is 11.4 Å². The van der Waals surface area contributed by atoms with E-state index in [4.69, 9.17) is 5.73 Å². The zero-order valence-electron chi connectivity index (χ0n) is 9.12. The minimum Gasteiger partial charge on any atom is -0.399 e. The van der Waals surface area contributed by atoms with Crippen LogP contribution in [0.25, 0.3) is 0 Å². The molecule has 14 heavy (non-hydrogen) atoms. The molecule has 0 aromatic heterocycles. The van der Waals surface area contributed by atoms with E-state index in [-0.39, 0.29) is 0 Å². The molecule has 2 rings (SSSR count). The Balaban J connectivity index is 2.45. The lowest BCUT2D eigenvalue weighted by molar-refractivity contribution is 0.670. The lowest BCUT2D eigenvalue weighted by Gasteiger charge is -2.24. The van der Waals surface area contributed by atoms with Gasteiger partial charge in [-0.25, -0.2) is 0 Å². The molecule has 0 saturated heterocycles. The van der Waals surface area contributed by atoms with Crippen molar-refractivity contribution in [3.63, 3.8) is 0 Å². The number of nitrogens with zero attached hydrogens (tertiary/aromatic N) is 1. The maximum atomic E-state index is 5.81. The topological polar surface area (TPSA) is 29.3 Å². The van der Waals surface area contributed by atoms with Crippen molar-refractivity contribution < 1.29 is 0 Å². The van der Waals surface area contributed by atoms with Crippen molar-refractivity contribution in [1.29, 1.82) is 0 Å². The Kier molecular flexibility index (Phi) is 2.14. The van der Waals surface area contributed by atoms with E-state index in [0.29, 0.717) is 12.0 Å². The van der Waals surface area contributed by atoms with Crippen LogP contribution < -0.4 is 10.6 Å². The Morgan fingerprint density at radius 1 is 1.43 bits per heavy atom. The molecule has 0 fully saturated rings. The zero-order chi connectivity index (χ0) is 10.3. The molecule has 1 unspecified atom stereocenters. The summed E-state index contributed by atoms with van der Waals surface area (Å²) in [7, 11) is 0. The fourth-order valence-electron chi connectivity index (χ4n) is 2.21. The summed E-state index contributed by atoms with van der Waals surface area (Å²) in [6, 6.07) is 6.82. The minimum absolute atomic E-state index is 0.556. The number of hydrogen-bond acceptors (Lipinski definition) is 2. The van der Waals surface area contributed by atoms with E-state index in [1.807, 2.05) is 6.07 Å². The van der Waals surface area contributed by atoms with Gasteiger partial charge in [0.05, 0.1) is 0 Å². The van der Waals surface area contributed by atoms with Crippen molar-refractivity contribution in [2.24, 2.45) is 0 Å². The van der Waals surface area contributed by atoms with Gasteiger partial charge in [0.2, 0.25) is 0 Å². The third-order valence-corrected chi connectivity index (χ3v) is 2.99. The van der Waals surface area contributed by atoms with Crippen LogP contribution in [0.3, 0.4) is 0 Å². The molecular formula is C12H18N2. The second-order valence-electron chi connectivity index (χ2n) is 4.47. The molecule has 1 atom stereocenters. The first-order chi connectivity index (χ1) is 6.59. The van der Waals surface area contributed by atoms with Crippen molar-refractivity contribution >= 4 is 11.4 Å². The number of benzene rings is 1. The molecule has 1 heterocycles. The molecule has 0 amide bonds. The SMILES string of the molecule is CC1CN(C(C)C)c2cc(N)ccc21. The highest BCUT2D eigenvalue weighted by atomic mass is 15.2. The van der Waals surface area contributed by atoms with Crippen molar-refractivity contribution in [3.8, 4) is 0 Å². The molecule has 76 valence electrons. The summed E-state index contributed by atoms with van der Waals surface area (Å²) in [6.07, 6.45) is 0. The molecule has 0 saturated carbocycles. The molecule has 0 bridgehead atoms. The first kappa shape index (κ1) is 9.38. The monoisotopic (exact) mass is 190 g/mol. The molecule has 1 aromatic carbocycles. The van der Waals surface area contributed by atoms with Crippen LogP contribution in [0.1, 0.15) is 32.3 Å². The second-order valence-corrected chi connectivity index (χ2v) is 4.47. The summed E-state index contributed by atoms with van der Waals surface area (Å²) in [5.41, 5.74) is 9.44. The summed E-state index contributed by atoms with van der Waals surface area (Å²) >= 11 is 0. The quantitative estimate of drug-likeness (QED) is 0.690. The molecule has 1 aliphatic rings. The Hall–Kier alpha value is -1.18. The summed E-state index contributed by atoms with van der Waals surface area (Å²) in [6.45, 7) is 7.85. The number of nitrogens with two attached hydrogens (primary N) is 1. The highest BCUT2D eigenvalue weighted by Crippen LogP contribution is 2.38. The Morgan fingerprint density at radius 3 is 2.79 bits per heavy atom. The average molecular weight is 190 g/mol. The smallest absolute Gasteiger partial charge is 0.0425 e. The fourth-order valence-corrected chi connectivity index (χ4v) is 2.21. The normalized spacial score (nSPS) is 20.3. The second kappa shape index (κ2) is 3.19. The molecule has 1 aliphatic heterocycles. The lowest BCUT2D eigenvalue weighted by Crippen LogP contribution is -2.29. The van der Waals surface area contributed by atoms with Crippen molar-refractivity contribution in [1.82, 2.24) is 0 Å². The maximum Gasteiger partial charge on any atom is 0.0425 e. The van der Waals surface area contributed by atoms with Crippen LogP contribution in [0.5, 0.6) is 0 Å². The van der Waals surface area contributed by atoms with Crippen LogP contribution in [0.2, 0.25) is 0 Å². The van der Waals surface area contributed by atoms with Crippen molar-refractivity contribution in [2.75, 3.05) is 17.2 Å². The first-order valence-corrected chi connectivity index (χ1v) is 5.25. The minimum atomic E-state index is 0.556. The summed E-state index contributed by atoms with van der Waals surface area (Å²) in [4.78, 5) is 2.43. The Labute approximate surface area is 85.7 Å². The van der Waals surface area contributed by atoms with Crippen molar-refractivity contribution in [3.05, 3.63) is 23.8 Å². The summed E-state index contributed by atoms with van der Waals surface area (Å²) in [5, 5.41) is 0. The van der Waals surface area contributed by atoms with Gasteiger partial charge in [0.25, 0.3) is 0 Å². The molecule has 0 spiro atoms. The van der Waals surface area contributed by atoms with Gasteiger partial charge in [-0.15, -0.1) is 0 Å². The van der Waals surface area contributed by atoms with Crippen LogP contribution in [0, 0.1) is 0 Å². The third kappa shape index (κ3) is 1.35. The lowest BCUT2D eigenvalue weighted by atomic mass is 10.0.